The highest BCUT2D eigenvalue weighted by Crippen LogP contribution is 2.23. The quantitative estimate of drug-likeness (QED) is 0.661. The molecular weight excluding hydrogens is 284 g/mol. The van der Waals surface area contributed by atoms with Crippen molar-refractivity contribution in [2.45, 2.75) is 32.4 Å². The summed E-state index contributed by atoms with van der Waals surface area (Å²) in [6.07, 6.45) is 4.85. The fourth-order valence-corrected chi connectivity index (χ4v) is 1.91. The number of hydrogen-bond acceptors (Lipinski definition) is 8. The van der Waals surface area contributed by atoms with Gasteiger partial charge in [-0.2, -0.15) is 15.2 Å². The molecule has 0 aliphatic heterocycles. The first-order valence-corrected chi connectivity index (χ1v) is 7.12. The van der Waals surface area contributed by atoms with Crippen LogP contribution < -0.4 is 15.8 Å². The van der Waals surface area contributed by atoms with Crippen LogP contribution in [0.3, 0.4) is 0 Å². The summed E-state index contributed by atoms with van der Waals surface area (Å²) in [4.78, 5) is 8.07. The minimum atomic E-state index is -0.113. The van der Waals surface area contributed by atoms with Crippen LogP contribution in [-0.4, -0.2) is 37.9 Å². The lowest BCUT2D eigenvalue weighted by Gasteiger charge is -2.18. The molecule has 0 unspecified atom stereocenters. The standard InChI is InChI=1S/C14H20N6O2/c1-2-4-10(8-21)18-13-12(7-16-14(15)19-13)22-9-11-5-3-6-17-20-11/h3,5-7,10,21H,2,4,8-9H2,1H3,(H3,15,16,18,19)/t10-/m0/s1. The molecule has 22 heavy (non-hydrogen) atoms. The highest BCUT2D eigenvalue weighted by molar-refractivity contribution is 5.51. The summed E-state index contributed by atoms with van der Waals surface area (Å²) >= 11 is 0. The van der Waals surface area contributed by atoms with Gasteiger partial charge in [-0.15, -0.1) is 0 Å². The zero-order chi connectivity index (χ0) is 15.8. The van der Waals surface area contributed by atoms with Gasteiger partial charge in [-0.25, -0.2) is 4.98 Å². The summed E-state index contributed by atoms with van der Waals surface area (Å²) in [6.45, 7) is 2.29. The molecule has 0 bridgehead atoms. The molecule has 0 spiro atoms. The molecule has 0 aromatic carbocycles. The van der Waals surface area contributed by atoms with Crippen molar-refractivity contribution in [1.29, 1.82) is 0 Å². The molecule has 0 amide bonds. The Hall–Kier alpha value is -2.48. The third-order valence-electron chi connectivity index (χ3n) is 2.98. The van der Waals surface area contributed by atoms with Crippen molar-refractivity contribution in [2.75, 3.05) is 17.7 Å². The van der Waals surface area contributed by atoms with E-state index in [0.717, 1.165) is 12.8 Å². The van der Waals surface area contributed by atoms with Crippen LogP contribution in [0.25, 0.3) is 0 Å². The van der Waals surface area contributed by atoms with E-state index in [1.807, 2.05) is 13.0 Å². The van der Waals surface area contributed by atoms with Crippen LogP contribution in [0.5, 0.6) is 5.75 Å². The van der Waals surface area contributed by atoms with E-state index in [2.05, 4.69) is 25.5 Å². The summed E-state index contributed by atoms with van der Waals surface area (Å²) in [5.41, 5.74) is 6.32. The number of aromatic nitrogens is 4. The fourth-order valence-electron chi connectivity index (χ4n) is 1.91. The van der Waals surface area contributed by atoms with Crippen LogP contribution in [0.1, 0.15) is 25.5 Å². The Balaban J connectivity index is 2.09. The number of aliphatic hydroxyl groups excluding tert-OH is 1. The van der Waals surface area contributed by atoms with Gasteiger partial charge in [0.1, 0.15) is 12.3 Å². The third-order valence-corrected chi connectivity index (χ3v) is 2.98. The van der Waals surface area contributed by atoms with Gasteiger partial charge in [0.05, 0.1) is 18.8 Å². The van der Waals surface area contributed by atoms with Gasteiger partial charge in [-0.3, -0.25) is 0 Å². The van der Waals surface area contributed by atoms with Gasteiger partial charge < -0.3 is 20.9 Å². The van der Waals surface area contributed by atoms with E-state index < -0.39 is 0 Å². The Morgan fingerprint density at radius 3 is 3.00 bits per heavy atom. The Morgan fingerprint density at radius 2 is 2.32 bits per heavy atom. The number of hydrogen-bond donors (Lipinski definition) is 3. The molecule has 0 fully saturated rings. The maximum atomic E-state index is 9.39. The maximum Gasteiger partial charge on any atom is 0.222 e. The molecule has 0 saturated heterocycles. The average Bonchev–Trinajstić information content (AvgIpc) is 2.54. The molecular formula is C14H20N6O2. The molecule has 4 N–H and O–H groups in total. The molecule has 0 aliphatic carbocycles. The van der Waals surface area contributed by atoms with E-state index in [4.69, 9.17) is 10.5 Å². The number of nitrogens with one attached hydrogen (secondary N) is 1. The zero-order valence-corrected chi connectivity index (χ0v) is 12.4. The lowest BCUT2D eigenvalue weighted by atomic mass is 10.2. The maximum absolute atomic E-state index is 9.39. The second kappa shape index (κ2) is 8.08. The van der Waals surface area contributed by atoms with Crippen molar-refractivity contribution < 1.29 is 9.84 Å². The molecule has 2 aromatic rings. The van der Waals surface area contributed by atoms with Crippen LogP contribution in [-0.2, 0) is 6.61 Å². The molecule has 2 rings (SSSR count). The van der Waals surface area contributed by atoms with Crippen LogP contribution in [0.15, 0.2) is 24.5 Å². The SMILES string of the molecule is CCC[C@@H](CO)Nc1nc(N)ncc1OCc1cccnn1. The number of nitrogen functional groups attached to an aromatic ring is 1. The molecule has 0 aliphatic rings. The summed E-state index contributed by atoms with van der Waals surface area (Å²) in [5, 5.41) is 20.3. The Labute approximate surface area is 128 Å². The second-order valence-corrected chi connectivity index (χ2v) is 4.76. The number of rotatable bonds is 8. The number of anilines is 2. The Kier molecular flexibility index (Phi) is 5.84. The molecule has 0 saturated carbocycles. The van der Waals surface area contributed by atoms with Gasteiger partial charge in [0.25, 0.3) is 0 Å². The molecule has 118 valence electrons. The molecule has 2 heterocycles. The summed E-state index contributed by atoms with van der Waals surface area (Å²) < 4.78 is 5.67. The lowest BCUT2D eigenvalue weighted by Crippen LogP contribution is -2.24. The first kappa shape index (κ1) is 15.9. The molecule has 2 aromatic heterocycles. The first-order chi connectivity index (χ1) is 10.7. The first-order valence-electron chi connectivity index (χ1n) is 7.12. The van der Waals surface area contributed by atoms with E-state index in [1.165, 1.54) is 6.20 Å². The van der Waals surface area contributed by atoms with Crippen LogP contribution >= 0.6 is 0 Å². The van der Waals surface area contributed by atoms with E-state index in [-0.39, 0.29) is 25.2 Å². The molecule has 1 atom stereocenters. The van der Waals surface area contributed by atoms with Crippen molar-refractivity contribution in [3.8, 4) is 5.75 Å². The molecule has 0 radical (unpaired) electrons. The summed E-state index contributed by atoms with van der Waals surface area (Å²) in [5.74, 6) is 1.06. The van der Waals surface area contributed by atoms with Gasteiger partial charge in [0.15, 0.2) is 11.6 Å². The number of ether oxygens (including phenoxy) is 1. The van der Waals surface area contributed by atoms with E-state index >= 15 is 0 Å². The number of aliphatic hydroxyl groups is 1. The molecule has 8 heteroatoms. The predicted molar refractivity (Wildman–Crippen MR) is 82.2 cm³/mol. The summed E-state index contributed by atoms with van der Waals surface area (Å²) in [6, 6.07) is 3.48. The summed E-state index contributed by atoms with van der Waals surface area (Å²) in [7, 11) is 0. The van der Waals surface area contributed by atoms with Crippen LogP contribution in [0.4, 0.5) is 11.8 Å². The van der Waals surface area contributed by atoms with E-state index in [1.54, 1.807) is 12.3 Å². The largest absolute Gasteiger partial charge is 0.482 e. The highest BCUT2D eigenvalue weighted by Gasteiger charge is 2.13. The van der Waals surface area contributed by atoms with Crippen molar-refractivity contribution in [3.05, 3.63) is 30.2 Å². The second-order valence-electron chi connectivity index (χ2n) is 4.76. The van der Waals surface area contributed by atoms with Crippen molar-refractivity contribution in [2.24, 2.45) is 0 Å². The van der Waals surface area contributed by atoms with Crippen LogP contribution in [0, 0.1) is 0 Å². The molecule has 8 nitrogen and oxygen atoms in total. The predicted octanol–water partition coefficient (Wildman–Crippen LogP) is 1.00. The third kappa shape index (κ3) is 4.52. The average molecular weight is 304 g/mol. The Bertz CT molecular complexity index is 581. The van der Waals surface area contributed by atoms with Gasteiger partial charge in [-0.05, 0) is 18.6 Å². The Morgan fingerprint density at radius 1 is 1.45 bits per heavy atom. The fraction of sp³-hybridized carbons (Fsp3) is 0.429. The highest BCUT2D eigenvalue weighted by atomic mass is 16.5. The van der Waals surface area contributed by atoms with Crippen molar-refractivity contribution in [3.63, 3.8) is 0 Å². The zero-order valence-electron chi connectivity index (χ0n) is 12.4. The van der Waals surface area contributed by atoms with Gasteiger partial charge in [-0.1, -0.05) is 13.3 Å². The minimum Gasteiger partial charge on any atom is -0.482 e. The normalized spacial score (nSPS) is 11.9. The van der Waals surface area contributed by atoms with Gasteiger partial charge >= 0.3 is 0 Å². The smallest absolute Gasteiger partial charge is 0.222 e. The number of nitrogens with two attached hydrogens (primary N) is 1. The van der Waals surface area contributed by atoms with E-state index in [0.29, 0.717) is 17.3 Å². The topological polar surface area (TPSA) is 119 Å². The van der Waals surface area contributed by atoms with Gasteiger partial charge in [0.2, 0.25) is 5.95 Å². The van der Waals surface area contributed by atoms with Crippen molar-refractivity contribution >= 4 is 11.8 Å². The van der Waals surface area contributed by atoms with Gasteiger partial charge in [0, 0.05) is 6.20 Å². The number of nitrogens with zero attached hydrogens (tertiary/aromatic N) is 4. The minimum absolute atomic E-state index is 0.00134. The van der Waals surface area contributed by atoms with Crippen molar-refractivity contribution in [1.82, 2.24) is 20.2 Å². The van der Waals surface area contributed by atoms with E-state index in [9.17, 15) is 5.11 Å². The lowest BCUT2D eigenvalue weighted by molar-refractivity contribution is 0.266. The monoisotopic (exact) mass is 304 g/mol. The van der Waals surface area contributed by atoms with Crippen LogP contribution in [0.2, 0.25) is 0 Å².